The van der Waals surface area contributed by atoms with E-state index in [4.69, 9.17) is 0 Å². The minimum Gasteiger partial charge on any atom is -0.351 e. The van der Waals surface area contributed by atoms with E-state index in [0.717, 1.165) is 19.6 Å². The lowest BCUT2D eigenvalue weighted by Crippen LogP contribution is -2.33. The fraction of sp³-hybridized carbons (Fsp3) is 0.556. The number of benzene rings is 1. The molecule has 3 N–H and O–H groups in total. The van der Waals surface area contributed by atoms with Crippen molar-refractivity contribution in [3.05, 3.63) is 29.8 Å². The molecule has 1 heterocycles. The van der Waals surface area contributed by atoms with Crippen molar-refractivity contribution in [1.29, 1.82) is 0 Å². The maximum Gasteiger partial charge on any atom is 0.251 e. The van der Waals surface area contributed by atoms with Crippen molar-refractivity contribution in [1.82, 2.24) is 15.5 Å². The number of hydrogen-bond donors (Lipinski definition) is 3. The van der Waals surface area contributed by atoms with Crippen LogP contribution in [0.4, 0.5) is 5.69 Å². The number of amides is 2. The third-order valence-electron chi connectivity index (χ3n) is 4.28. The largest absolute Gasteiger partial charge is 0.351 e. The third-order valence-corrected chi connectivity index (χ3v) is 4.28. The van der Waals surface area contributed by atoms with Gasteiger partial charge in [-0.3, -0.25) is 9.59 Å². The quantitative estimate of drug-likeness (QED) is 0.620. The first-order valence-corrected chi connectivity index (χ1v) is 8.66. The first kappa shape index (κ1) is 24.7. The zero-order chi connectivity index (χ0) is 17.4. The highest BCUT2D eigenvalue weighted by atomic mass is 35.5. The molecule has 0 aliphatic carbocycles. The SMILES string of the molecule is CNCC(C)C(=O)Nc1ccc(C(=O)NCCN2CCCC2)cc1.Cl.Cl. The summed E-state index contributed by atoms with van der Waals surface area (Å²) in [6.45, 7) is 6.34. The molecular formula is C18H30Cl2N4O2. The molecule has 0 saturated carbocycles. The van der Waals surface area contributed by atoms with Crippen LogP contribution in [0.3, 0.4) is 0 Å². The van der Waals surface area contributed by atoms with Crippen LogP contribution in [0.15, 0.2) is 24.3 Å². The number of rotatable bonds is 8. The molecule has 26 heavy (non-hydrogen) atoms. The smallest absolute Gasteiger partial charge is 0.251 e. The summed E-state index contributed by atoms with van der Waals surface area (Å²) in [5.74, 6) is -0.216. The van der Waals surface area contributed by atoms with Crippen LogP contribution >= 0.6 is 24.8 Å². The number of likely N-dealkylation sites (tertiary alicyclic amines) is 1. The lowest BCUT2D eigenvalue weighted by atomic mass is 10.1. The Kier molecular flexibility index (Phi) is 12.3. The highest BCUT2D eigenvalue weighted by molar-refractivity contribution is 5.96. The zero-order valence-electron chi connectivity index (χ0n) is 15.4. The predicted molar refractivity (Wildman–Crippen MR) is 111 cm³/mol. The van der Waals surface area contributed by atoms with Crippen LogP contribution in [0, 0.1) is 5.92 Å². The molecule has 6 nitrogen and oxygen atoms in total. The molecule has 2 amide bonds. The van der Waals surface area contributed by atoms with E-state index in [0.29, 0.717) is 24.3 Å². The average Bonchev–Trinajstić information content (AvgIpc) is 3.09. The van der Waals surface area contributed by atoms with Gasteiger partial charge >= 0.3 is 0 Å². The van der Waals surface area contributed by atoms with Crippen LogP contribution in [0.2, 0.25) is 0 Å². The van der Waals surface area contributed by atoms with Crippen LogP contribution < -0.4 is 16.0 Å². The number of hydrogen-bond acceptors (Lipinski definition) is 4. The van der Waals surface area contributed by atoms with Gasteiger partial charge in [0.05, 0.1) is 0 Å². The summed E-state index contributed by atoms with van der Waals surface area (Å²) in [5.41, 5.74) is 1.31. The lowest BCUT2D eigenvalue weighted by Gasteiger charge is -2.15. The van der Waals surface area contributed by atoms with Gasteiger partial charge in [0.15, 0.2) is 0 Å². The molecule has 1 atom stereocenters. The second-order valence-corrected chi connectivity index (χ2v) is 6.33. The minimum absolute atomic E-state index is 0. The van der Waals surface area contributed by atoms with E-state index in [9.17, 15) is 9.59 Å². The monoisotopic (exact) mass is 404 g/mol. The molecule has 1 aliphatic heterocycles. The van der Waals surface area contributed by atoms with Crippen LogP contribution in [0.25, 0.3) is 0 Å². The van der Waals surface area contributed by atoms with Crippen molar-refractivity contribution in [3.8, 4) is 0 Å². The topological polar surface area (TPSA) is 73.5 Å². The van der Waals surface area contributed by atoms with E-state index in [1.807, 2.05) is 14.0 Å². The molecule has 1 unspecified atom stereocenters. The van der Waals surface area contributed by atoms with Crippen LogP contribution in [0.1, 0.15) is 30.1 Å². The molecule has 2 rings (SSSR count). The first-order valence-electron chi connectivity index (χ1n) is 8.66. The van der Waals surface area contributed by atoms with Crippen molar-refractivity contribution in [3.63, 3.8) is 0 Å². The Morgan fingerprint density at radius 2 is 1.73 bits per heavy atom. The average molecular weight is 405 g/mol. The van der Waals surface area contributed by atoms with E-state index in [2.05, 4.69) is 20.9 Å². The molecule has 1 saturated heterocycles. The van der Waals surface area contributed by atoms with Gasteiger partial charge in [-0.1, -0.05) is 6.92 Å². The molecule has 8 heteroatoms. The molecule has 1 aromatic rings. The van der Waals surface area contributed by atoms with Crippen molar-refractivity contribution >= 4 is 42.3 Å². The van der Waals surface area contributed by atoms with Gasteiger partial charge in [-0.2, -0.15) is 0 Å². The highest BCUT2D eigenvalue weighted by Gasteiger charge is 2.13. The van der Waals surface area contributed by atoms with Crippen molar-refractivity contribution in [2.75, 3.05) is 45.1 Å². The van der Waals surface area contributed by atoms with E-state index >= 15 is 0 Å². The molecule has 0 bridgehead atoms. The van der Waals surface area contributed by atoms with Gasteiger partial charge in [0.25, 0.3) is 5.91 Å². The number of carbonyl (C=O) groups excluding carboxylic acids is 2. The predicted octanol–water partition coefficient (Wildman–Crippen LogP) is 2.15. The van der Waals surface area contributed by atoms with E-state index in [-0.39, 0.29) is 42.5 Å². The molecule has 148 valence electrons. The minimum atomic E-state index is -0.108. The number of nitrogens with zero attached hydrogens (tertiary/aromatic N) is 1. The van der Waals surface area contributed by atoms with Gasteiger partial charge in [-0.15, -0.1) is 24.8 Å². The van der Waals surface area contributed by atoms with Gasteiger partial charge in [0, 0.05) is 36.8 Å². The van der Waals surface area contributed by atoms with Crippen molar-refractivity contribution < 1.29 is 9.59 Å². The Hall–Kier alpha value is -1.34. The summed E-state index contributed by atoms with van der Waals surface area (Å²) >= 11 is 0. The second kappa shape index (κ2) is 12.9. The number of carbonyl (C=O) groups is 2. The molecule has 0 aromatic heterocycles. The Bertz CT molecular complexity index is 549. The summed E-state index contributed by atoms with van der Waals surface area (Å²) < 4.78 is 0. The molecule has 1 aliphatic rings. The summed E-state index contributed by atoms with van der Waals surface area (Å²) in [6, 6.07) is 7.01. The van der Waals surface area contributed by atoms with Gasteiger partial charge < -0.3 is 20.9 Å². The molecular weight excluding hydrogens is 375 g/mol. The highest BCUT2D eigenvalue weighted by Crippen LogP contribution is 2.11. The maximum absolute atomic E-state index is 12.1. The Morgan fingerprint density at radius 1 is 1.12 bits per heavy atom. The lowest BCUT2D eigenvalue weighted by molar-refractivity contribution is -0.119. The van der Waals surface area contributed by atoms with Gasteiger partial charge in [0.1, 0.15) is 0 Å². The van der Waals surface area contributed by atoms with Crippen molar-refractivity contribution in [2.24, 2.45) is 5.92 Å². The standard InChI is InChI=1S/C18H28N4O2.2ClH/c1-14(13-19-2)17(23)21-16-7-5-15(6-8-16)18(24)20-9-12-22-10-3-4-11-22;;/h5-8,14,19H,3-4,9-13H2,1-2H3,(H,20,24)(H,21,23);2*1H. The second-order valence-electron chi connectivity index (χ2n) is 6.33. The normalized spacial score (nSPS) is 14.7. The zero-order valence-corrected chi connectivity index (χ0v) is 17.0. The van der Waals surface area contributed by atoms with Crippen LogP contribution in [0.5, 0.6) is 0 Å². The van der Waals surface area contributed by atoms with Gasteiger partial charge in [-0.25, -0.2) is 0 Å². The van der Waals surface area contributed by atoms with Crippen LogP contribution in [-0.4, -0.2) is 56.5 Å². The Balaban J connectivity index is 0.00000312. The summed E-state index contributed by atoms with van der Waals surface area (Å²) in [6.07, 6.45) is 2.52. The van der Waals surface area contributed by atoms with Crippen molar-refractivity contribution in [2.45, 2.75) is 19.8 Å². The van der Waals surface area contributed by atoms with Gasteiger partial charge in [-0.05, 0) is 57.2 Å². The third kappa shape index (κ3) is 7.91. The van der Waals surface area contributed by atoms with E-state index in [1.165, 1.54) is 12.8 Å². The van der Waals surface area contributed by atoms with Gasteiger partial charge in [0.2, 0.25) is 5.91 Å². The number of anilines is 1. The first-order chi connectivity index (χ1) is 11.6. The Labute approximate surface area is 168 Å². The molecule has 1 aromatic carbocycles. The fourth-order valence-corrected chi connectivity index (χ4v) is 2.81. The number of halogens is 2. The molecule has 0 spiro atoms. The number of nitrogens with one attached hydrogen (secondary N) is 3. The van der Waals surface area contributed by atoms with E-state index in [1.54, 1.807) is 24.3 Å². The van der Waals surface area contributed by atoms with Crippen LogP contribution in [-0.2, 0) is 4.79 Å². The fourth-order valence-electron chi connectivity index (χ4n) is 2.81. The summed E-state index contributed by atoms with van der Waals surface area (Å²) in [4.78, 5) is 26.4. The molecule has 1 fully saturated rings. The summed E-state index contributed by atoms with van der Waals surface area (Å²) in [7, 11) is 1.82. The molecule has 0 radical (unpaired) electrons. The maximum atomic E-state index is 12.1. The Morgan fingerprint density at radius 3 is 2.31 bits per heavy atom. The van der Waals surface area contributed by atoms with E-state index < -0.39 is 0 Å². The summed E-state index contributed by atoms with van der Waals surface area (Å²) in [5, 5.41) is 8.78.